The fourth-order valence-electron chi connectivity index (χ4n) is 1.36. The number of nitrogens with one attached hydrogen (secondary N) is 1. The number of anilines is 1. The van der Waals surface area contributed by atoms with Gasteiger partial charge in [0, 0.05) is 10.7 Å². The van der Waals surface area contributed by atoms with Crippen LogP contribution in [-0.4, -0.2) is 28.8 Å². The molecule has 6 nitrogen and oxygen atoms in total. The van der Waals surface area contributed by atoms with Gasteiger partial charge in [-0.05, 0) is 37.9 Å². The van der Waals surface area contributed by atoms with E-state index < -0.39 is 5.97 Å². The van der Waals surface area contributed by atoms with E-state index >= 15 is 0 Å². The molecule has 0 aliphatic carbocycles. The average Bonchev–Trinajstić information content (AvgIpc) is 2.97. The molecule has 0 saturated heterocycles. The molecule has 0 atom stereocenters. The summed E-state index contributed by atoms with van der Waals surface area (Å²) in [5.41, 5.74) is 0.513. The summed E-state index contributed by atoms with van der Waals surface area (Å²) in [6.45, 7) is 0.00245. The van der Waals surface area contributed by atoms with Crippen molar-refractivity contribution in [2.45, 2.75) is 6.54 Å². The van der Waals surface area contributed by atoms with E-state index in [1.54, 1.807) is 12.3 Å². The fraction of sp³-hybridized carbons (Fsp3) is 0.182. The van der Waals surface area contributed by atoms with Gasteiger partial charge in [-0.3, -0.25) is 14.3 Å². The number of hydrogen-bond acceptors (Lipinski definition) is 5. The second-order valence-corrected chi connectivity index (χ2v) is 6.91. The highest BCUT2D eigenvalue weighted by atomic mass is 79.9. The molecule has 2 heterocycles. The molecule has 2 aromatic heterocycles. The van der Waals surface area contributed by atoms with E-state index in [-0.39, 0.29) is 12.5 Å². The van der Waals surface area contributed by atoms with Crippen molar-refractivity contribution in [3.05, 3.63) is 31.6 Å². The second-order valence-electron chi connectivity index (χ2n) is 3.69. The molecule has 1 N–H and O–H groups in total. The third kappa shape index (κ3) is 3.68. The number of esters is 1. The van der Waals surface area contributed by atoms with E-state index in [1.807, 2.05) is 0 Å². The van der Waals surface area contributed by atoms with E-state index in [0.717, 1.165) is 8.26 Å². The molecule has 0 bridgehead atoms. The van der Waals surface area contributed by atoms with E-state index in [4.69, 9.17) is 0 Å². The van der Waals surface area contributed by atoms with E-state index in [1.165, 1.54) is 29.3 Å². The minimum absolute atomic E-state index is 0.00245. The van der Waals surface area contributed by atoms with E-state index in [9.17, 15) is 9.59 Å². The highest BCUT2D eigenvalue weighted by Crippen LogP contribution is 2.32. The third-order valence-corrected chi connectivity index (χ3v) is 5.53. The molecule has 0 unspecified atom stereocenters. The van der Waals surface area contributed by atoms with Crippen LogP contribution in [0.5, 0.6) is 0 Å². The Morgan fingerprint density at radius 3 is 2.85 bits per heavy atom. The molecule has 1 amide bonds. The van der Waals surface area contributed by atoms with Gasteiger partial charge in [0.15, 0.2) is 0 Å². The summed E-state index contributed by atoms with van der Waals surface area (Å²) in [6, 6.07) is 1.73. The number of carbonyl (C=O) groups excluding carboxylic acids is 2. The molecule has 0 saturated carbocycles. The van der Waals surface area contributed by atoms with Crippen LogP contribution in [0.2, 0.25) is 0 Å². The van der Waals surface area contributed by atoms with Crippen molar-refractivity contribution in [1.29, 1.82) is 0 Å². The minimum atomic E-state index is -0.405. The van der Waals surface area contributed by atoms with Gasteiger partial charge in [-0.2, -0.15) is 5.10 Å². The normalized spacial score (nSPS) is 10.3. The summed E-state index contributed by atoms with van der Waals surface area (Å²) in [6.07, 6.45) is 3.03. The minimum Gasteiger partial charge on any atom is -0.468 e. The number of amides is 1. The van der Waals surface area contributed by atoms with Crippen LogP contribution in [0.4, 0.5) is 5.69 Å². The van der Waals surface area contributed by atoms with Gasteiger partial charge in [0.05, 0.1) is 27.7 Å². The predicted molar refractivity (Wildman–Crippen MR) is 81.9 cm³/mol. The number of hydrogen-bond donors (Lipinski definition) is 1. The number of carbonyl (C=O) groups is 2. The topological polar surface area (TPSA) is 73.2 Å². The Hall–Kier alpha value is -1.19. The van der Waals surface area contributed by atoms with Crippen molar-refractivity contribution in [2.75, 3.05) is 12.4 Å². The number of aromatic nitrogens is 2. The predicted octanol–water partition coefficient (Wildman–Crippen LogP) is 2.89. The smallest absolute Gasteiger partial charge is 0.327 e. The first-order chi connectivity index (χ1) is 9.49. The second kappa shape index (κ2) is 6.51. The molecule has 0 spiro atoms. The van der Waals surface area contributed by atoms with Crippen LogP contribution < -0.4 is 5.32 Å². The molecule has 2 rings (SSSR count). The standard InChI is InChI=1S/C11H9Br2N3O3S/c1-19-9(17)5-16-4-6(3-14-16)15-11(18)8-2-7(12)10(13)20-8/h2-4H,5H2,1H3,(H,15,18). The summed E-state index contributed by atoms with van der Waals surface area (Å²) in [4.78, 5) is 23.7. The van der Waals surface area contributed by atoms with Gasteiger partial charge in [0.2, 0.25) is 0 Å². The van der Waals surface area contributed by atoms with E-state index in [0.29, 0.717) is 10.6 Å². The zero-order valence-electron chi connectivity index (χ0n) is 10.2. The molecule has 20 heavy (non-hydrogen) atoms. The van der Waals surface area contributed by atoms with Crippen LogP contribution >= 0.6 is 43.2 Å². The first kappa shape index (κ1) is 15.2. The van der Waals surface area contributed by atoms with Crippen molar-refractivity contribution in [2.24, 2.45) is 0 Å². The van der Waals surface area contributed by atoms with Gasteiger partial charge in [-0.25, -0.2) is 0 Å². The molecular weight excluding hydrogens is 414 g/mol. The molecular formula is C11H9Br2N3O3S. The zero-order chi connectivity index (χ0) is 14.7. The Bertz CT molecular complexity index is 634. The lowest BCUT2D eigenvalue weighted by Crippen LogP contribution is -2.12. The number of ether oxygens (including phenoxy) is 1. The van der Waals surface area contributed by atoms with Crippen LogP contribution in [0.15, 0.2) is 26.7 Å². The first-order valence-electron chi connectivity index (χ1n) is 5.35. The van der Waals surface area contributed by atoms with Gasteiger partial charge >= 0.3 is 5.97 Å². The molecule has 2 aromatic rings. The van der Waals surface area contributed by atoms with Crippen molar-refractivity contribution < 1.29 is 14.3 Å². The summed E-state index contributed by atoms with van der Waals surface area (Å²) in [5.74, 6) is -0.642. The van der Waals surface area contributed by atoms with Crippen molar-refractivity contribution in [3.63, 3.8) is 0 Å². The van der Waals surface area contributed by atoms with Crippen LogP contribution in [0.25, 0.3) is 0 Å². The summed E-state index contributed by atoms with van der Waals surface area (Å²) in [7, 11) is 1.31. The van der Waals surface area contributed by atoms with Crippen molar-refractivity contribution in [1.82, 2.24) is 9.78 Å². The average molecular weight is 423 g/mol. The fourth-order valence-corrected chi connectivity index (χ4v) is 3.29. The van der Waals surface area contributed by atoms with Crippen LogP contribution in [0.1, 0.15) is 9.67 Å². The number of rotatable bonds is 4. The third-order valence-electron chi connectivity index (χ3n) is 2.28. The highest BCUT2D eigenvalue weighted by molar-refractivity contribution is 9.13. The maximum atomic E-state index is 12.0. The van der Waals surface area contributed by atoms with Crippen LogP contribution in [0.3, 0.4) is 0 Å². The lowest BCUT2D eigenvalue weighted by Gasteiger charge is -1.99. The Labute approximate surface area is 135 Å². The lowest BCUT2D eigenvalue weighted by molar-refractivity contribution is -0.141. The lowest BCUT2D eigenvalue weighted by atomic mass is 10.4. The Morgan fingerprint density at radius 1 is 1.50 bits per heavy atom. The molecule has 9 heteroatoms. The Morgan fingerprint density at radius 2 is 2.25 bits per heavy atom. The van der Waals surface area contributed by atoms with Crippen LogP contribution in [-0.2, 0) is 16.1 Å². The molecule has 0 aromatic carbocycles. The first-order valence-corrected chi connectivity index (χ1v) is 7.75. The molecule has 0 aliphatic rings. The molecule has 0 aliphatic heterocycles. The highest BCUT2D eigenvalue weighted by Gasteiger charge is 2.13. The van der Waals surface area contributed by atoms with Gasteiger partial charge < -0.3 is 10.1 Å². The van der Waals surface area contributed by atoms with Gasteiger partial charge in [0.25, 0.3) is 5.91 Å². The number of methoxy groups -OCH3 is 1. The van der Waals surface area contributed by atoms with Crippen molar-refractivity contribution in [3.8, 4) is 0 Å². The van der Waals surface area contributed by atoms with Gasteiger partial charge in [-0.15, -0.1) is 11.3 Å². The maximum absolute atomic E-state index is 12.0. The number of halogens is 2. The SMILES string of the molecule is COC(=O)Cn1cc(NC(=O)c2cc(Br)c(Br)s2)cn1. The maximum Gasteiger partial charge on any atom is 0.327 e. The zero-order valence-corrected chi connectivity index (χ0v) is 14.2. The van der Waals surface area contributed by atoms with Gasteiger partial charge in [0.1, 0.15) is 6.54 Å². The number of thiophene rings is 1. The van der Waals surface area contributed by atoms with Gasteiger partial charge in [-0.1, -0.05) is 0 Å². The summed E-state index contributed by atoms with van der Waals surface area (Å²) < 4.78 is 7.60. The van der Waals surface area contributed by atoms with Crippen molar-refractivity contribution >= 4 is 60.8 Å². The largest absolute Gasteiger partial charge is 0.468 e. The molecule has 0 radical (unpaired) electrons. The monoisotopic (exact) mass is 421 g/mol. The Kier molecular flexibility index (Phi) is 4.95. The Balaban J connectivity index is 2.03. The van der Waals surface area contributed by atoms with Crippen LogP contribution in [0, 0.1) is 0 Å². The summed E-state index contributed by atoms with van der Waals surface area (Å²) >= 11 is 7.98. The summed E-state index contributed by atoms with van der Waals surface area (Å²) in [5, 5.41) is 6.66. The quantitative estimate of drug-likeness (QED) is 0.768. The van der Waals surface area contributed by atoms with E-state index in [2.05, 4.69) is 47.0 Å². The number of nitrogens with zero attached hydrogens (tertiary/aromatic N) is 2. The molecule has 0 fully saturated rings. The molecule has 106 valence electrons.